The van der Waals surface area contributed by atoms with E-state index in [1.807, 2.05) is 13.8 Å². The summed E-state index contributed by atoms with van der Waals surface area (Å²) in [4.78, 5) is 0. The van der Waals surface area contributed by atoms with Crippen molar-refractivity contribution < 1.29 is 10.2 Å². The third-order valence-electron chi connectivity index (χ3n) is 2.19. The molecule has 72 valence electrons. The first-order chi connectivity index (χ1) is 5.60. The van der Waals surface area contributed by atoms with Gasteiger partial charge in [-0.1, -0.05) is 26.3 Å². The second-order valence-electron chi connectivity index (χ2n) is 3.27. The highest BCUT2D eigenvalue weighted by molar-refractivity contribution is 4.91. The Morgan fingerprint density at radius 2 is 2.08 bits per heavy atom. The molecule has 12 heavy (non-hydrogen) atoms. The molecule has 0 rings (SSSR count). The first-order valence-electron chi connectivity index (χ1n) is 4.62. The van der Waals surface area contributed by atoms with Gasteiger partial charge in [-0.2, -0.15) is 0 Å². The molecule has 2 atom stereocenters. The minimum absolute atomic E-state index is 0.468. The van der Waals surface area contributed by atoms with E-state index >= 15 is 0 Å². The molecule has 0 saturated carbocycles. The fourth-order valence-electron chi connectivity index (χ4n) is 1.47. The largest absolute Gasteiger partial charge is 0.390 e. The van der Waals surface area contributed by atoms with E-state index in [2.05, 4.69) is 6.58 Å². The molecule has 0 aromatic rings. The topological polar surface area (TPSA) is 40.5 Å². The van der Waals surface area contributed by atoms with Gasteiger partial charge in [0, 0.05) is 0 Å². The summed E-state index contributed by atoms with van der Waals surface area (Å²) < 4.78 is 0. The molecule has 0 radical (unpaired) electrons. The highest BCUT2D eigenvalue weighted by Crippen LogP contribution is 2.24. The maximum atomic E-state index is 9.96. The summed E-state index contributed by atoms with van der Waals surface area (Å²) in [5.74, 6) is 0. The lowest BCUT2D eigenvalue weighted by atomic mass is 9.87. The van der Waals surface area contributed by atoms with Crippen molar-refractivity contribution in [2.45, 2.75) is 51.2 Å². The second kappa shape index (κ2) is 5.33. The van der Waals surface area contributed by atoms with E-state index in [9.17, 15) is 10.2 Å². The van der Waals surface area contributed by atoms with Crippen LogP contribution in [0.5, 0.6) is 0 Å². The molecule has 0 aromatic heterocycles. The van der Waals surface area contributed by atoms with E-state index in [1.165, 1.54) is 0 Å². The van der Waals surface area contributed by atoms with Crippen molar-refractivity contribution in [3.8, 4) is 0 Å². The van der Waals surface area contributed by atoms with Gasteiger partial charge in [0.25, 0.3) is 0 Å². The van der Waals surface area contributed by atoms with Crippen molar-refractivity contribution in [3.05, 3.63) is 12.7 Å². The van der Waals surface area contributed by atoms with Crippen LogP contribution in [0.2, 0.25) is 0 Å². The Morgan fingerprint density at radius 1 is 1.50 bits per heavy atom. The molecule has 0 aromatic carbocycles. The van der Waals surface area contributed by atoms with Crippen molar-refractivity contribution in [2.24, 2.45) is 0 Å². The van der Waals surface area contributed by atoms with Crippen LogP contribution in [0.15, 0.2) is 12.7 Å². The third kappa shape index (κ3) is 2.95. The smallest absolute Gasteiger partial charge is 0.0939 e. The van der Waals surface area contributed by atoms with Crippen LogP contribution in [0.3, 0.4) is 0 Å². The summed E-state index contributed by atoms with van der Waals surface area (Å²) in [5, 5.41) is 19.5. The molecule has 0 aliphatic rings. The van der Waals surface area contributed by atoms with E-state index in [0.717, 1.165) is 6.42 Å². The Morgan fingerprint density at radius 3 is 2.42 bits per heavy atom. The molecule has 2 heteroatoms. The van der Waals surface area contributed by atoms with Crippen LogP contribution in [0.25, 0.3) is 0 Å². The van der Waals surface area contributed by atoms with E-state index in [4.69, 9.17) is 0 Å². The van der Waals surface area contributed by atoms with Crippen LogP contribution in [0, 0.1) is 0 Å². The van der Waals surface area contributed by atoms with Crippen LogP contribution in [0.1, 0.15) is 39.5 Å². The Balaban J connectivity index is 4.25. The van der Waals surface area contributed by atoms with Gasteiger partial charge in [-0.3, -0.25) is 0 Å². The highest BCUT2D eigenvalue weighted by Gasteiger charge is 2.31. The molecular formula is C10H20O2. The number of aliphatic hydroxyl groups excluding tert-OH is 1. The normalized spacial score (nSPS) is 18.3. The Kier molecular flexibility index (Phi) is 5.18. The average Bonchev–Trinajstić information content (AvgIpc) is 2.04. The molecule has 2 N–H and O–H groups in total. The molecule has 2 nitrogen and oxygen atoms in total. The van der Waals surface area contributed by atoms with Crippen LogP contribution in [-0.2, 0) is 0 Å². The maximum Gasteiger partial charge on any atom is 0.0939 e. The van der Waals surface area contributed by atoms with Crippen molar-refractivity contribution in [2.75, 3.05) is 0 Å². The molecule has 0 spiro atoms. The van der Waals surface area contributed by atoms with Gasteiger partial charge >= 0.3 is 0 Å². The van der Waals surface area contributed by atoms with Crippen LogP contribution in [0.4, 0.5) is 0 Å². The fraction of sp³-hybridized carbons (Fsp3) is 0.800. The molecule has 0 fully saturated rings. The minimum atomic E-state index is -0.953. The van der Waals surface area contributed by atoms with Crippen molar-refractivity contribution in [1.82, 2.24) is 0 Å². The molecule has 0 heterocycles. The molecule has 2 unspecified atom stereocenters. The van der Waals surface area contributed by atoms with Gasteiger partial charge in [0.2, 0.25) is 0 Å². The van der Waals surface area contributed by atoms with Crippen LogP contribution >= 0.6 is 0 Å². The van der Waals surface area contributed by atoms with Gasteiger partial charge in [-0.05, 0) is 19.3 Å². The lowest BCUT2D eigenvalue weighted by molar-refractivity contribution is -0.0795. The second-order valence-corrected chi connectivity index (χ2v) is 3.27. The summed E-state index contributed by atoms with van der Waals surface area (Å²) in [5.41, 5.74) is -0.953. The Bertz CT molecular complexity index is 134. The number of rotatable bonds is 6. The standard InChI is InChI=1S/C10H20O2/c1-4-7-10(12,8-5-2)9(11)6-3/h4,9,11-12H,1,5-8H2,2-3H3. The molecule has 0 aliphatic carbocycles. The Hall–Kier alpha value is -0.340. The summed E-state index contributed by atoms with van der Waals surface area (Å²) >= 11 is 0. The average molecular weight is 172 g/mol. The predicted molar refractivity (Wildman–Crippen MR) is 51.0 cm³/mol. The zero-order valence-electron chi connectivity index (χ0n) is 8.08. The number of hydrogen-bond acceptors (Lipinski definition) is 2. The summed E-state index contributed by atoms with van der Waals surface area (Å²) in [6.45, 7) is 7.44. The van der Waals surface area contributed by atoms with E-state index in [-0.39, 0.29) is 0 Å². The summed E-state index contributed by atoms with van der Waals surface area (Å²) in [7, 11) is 0. The van der Waals surface area contributed by atoms with Gasteiger partial charge in [0.05, 0.1) is 11.7 Å². The summed E-state index contributed by atoms with van der Waals surface area (Å²) in [6, 6.07) is 0. The van der Waals surface area contributed by atoms with Crippen molar-refractivity contribution in [1.29, 1.82) is 0 Å². The first-order valence-corrected chi connectivity index (χ1v) is 4.62. The quantitative estimate of drug-likeness (QED) is 0.600. The predicted octanol–water partition coefficient (Wildman–Crippen LogP) is 1.86. The van der Waals surface area contributed by atoms with Crippen LogP contribution < -0.4 is 0 Å². The van der Waals surface area contributed by atoms with Gasteiger partial charge in [-0.25, -0.2) is 0 Å². The number of hydrogen-bond donors (Lipinski definition) is 2. The van der Waals surface area contributed by atoms with Crippen molar-refractivity contribution >= 4 is 0 Å². The molecule has 0 bridgehead atoms. The first kappa shape index (κ1) is 11.7. The SMILES string of the molecule is C=CCC(O)(CCC)C(O)CC. The van der Waals surface area contributed by atoms with Gasteiger partial charge in [-0.15, -0.1) is 6.58 Å². The van der Waals surface area contributed by atoms with E-state index in [0.29, 0.717) is 19.3 Å². The van der Waals surface area contributed by atoms with Gasteiger partial charge in [0.1, 0.15) is 0 Å². The number of aliphatic hydroxyl groups is 2. The zero-order valence-corrected chi connectivity index (χ0v) is 8.08. The Labute approximate surface area is 74.9 Å². The minimum Gasteiger partial charge on any atom is -0.390 e. The van der Waals surface area contributed by atoms with Crippen LogP contribution in [-0.4, -0.2) is 21.9 Å². The monoisotopic (exact) mass is 172 g/mol. The lowest BCUT2D eigenvalue weighted by Crippen LogP contribution is -2.41. The van der Waals surface area contributed by atoms with E-state index in [1.54, 1.807) is 6.08 Å². The highest BCUT2D eigenvalue weighted by atomic mass is 16.3. The van der Waals surface area contributed by atoms with Crippen molar-refractivity contribution in [3.63, 3.8) is 0 Å². The third-order valence-corrected chi connectivity index (χ3v) is 2.19. The molecular weight excluding hydrogens is 152 g/mol. The van der Waals surface area contributed by atoms with E-state index < -0.39 is 11.7 Å². The molecule has 0 aliphatic heterocycles. The molecule has 0 saturated heterocycles. The lowest BCUT2D eigenvalue weighted by Gasteiger charge is -2.31. The molecule has 0 amide bonds. The fourth-order valence-corrected chi connectivity index (χ4v) is 1.47. The summed E-state index contributed by atoms with van der Waals surface area (Å²) in [6.07, 6.45) is 3.60. The zero-order chi connectivity index (χ0) is 9.61. The van der Waals surface area contributed by atoms with Gasteiger partial charge < -0.3 is 10.2 Å². The maximum absolute atomic E-state index is 9.96. The van der Waals surface area contributed by atoms with Gasteiger partial charge in [0.15, 0.2) is 0 Å².